The summed E-state index contributed by atoms with van der Waals surface area (Å²) in [4.78, 5) is 6.61. The van der Waals surface area contributed by atoms with Gasteiger partial charge in [0, 0.05) is 13.0 Å². The van der Waals surface area contributed by atoms with Crippen LogP contribution in [0.3, 0.4) is 0 Å². The average molecular weight is 254 g/mol. The van der Waals surface area contributed by atoms with E-state index in [4.69, 9.17) is 9.78 Å². The Kier molecular flexibility index (Phi) is 6.67. The Morgan fingerprint density at radius 2 is 2.18 bits per heavy atom. The molecule has 94 valence electrons. The summed E-state index contributed by atoms with van der Waals surface area (Å²) in [7, 11) is 0. The van der Waals surface area contributed by atoms with E-state index in [0.29, 0.717) is 17.4 Å². The molecule has 0 aliphatic carbocycles. The smallest absolute Gasteiger partial charge is 0.236 e. The van der Waals surface area contributed by atoms with E-state index in [0.717, 1.165) is 31.9 Å². The van der Waals surface area contributed by atoms with Crippen LogP contribution in [-0.4, -0.2) is 40.4 Å². The normalized spacial score (nSPS) is 10.7. The van der Waals surface area contributed by atoms with Crippen molar-refractivity contribution >= 4 is 11.8 Å². The molecule has 0 saturated carbocycles. The molecule has 0 N–H and O–H groups in total. The van der Waals surface area contributed by atoms with Crippen LogP contribution in [0.15, 0.2) is 4.52 Å². The van der Waals surface area contributed by atoms with Gasteiger partial charge in [-0.1, -0.05) is 19.0 Å². The monoisotopic (exact) mass is 254 g/mol. The highest BCUT2D eigenvalue weighted by atomic mass is 32.2. The SMILES string of the molecule is CCN(CC)CCc1noc(CSCC#N)n1. The molecule has 0 spiro atoms. The molecule has 6 heteroatoms. The Balaban J connectivity index is 2.33. The maximum absolute atomic E-state index is 8.41. The molecule has 0 aromatic carbocycles. The number of nitrogens with zero attached hydrogens (tertiary/aromatic N) is 4. The van der Waals surface area contributed by atoms with Crippen LogP contribution >= 0.6 is 11.8 Å². The van der Waals surface area contributed by atoms with Crippen LogP contribution in [-0.2, 0) is 12.2 Å². The molecule has 1 rings (SSSR count). The molecule has 1 aromatic heterocycles. The molecule has 0 unspecified atom stereocenters. The van der Waals surface area contributed by atoms with Crippen molar-refractivity contribution in [2.24, 2.45) is 0 Å². The molecule has 5 nitrogen and oxygen atoms in total. The van der Waals surface area contributed by atoms with Crippen molar-refractivity contribution in [3.8, 4) is 6.07 Å². The quantitative estimate of drug-likeness (QED) is 0.658. The second-order valence-corrected chi connectivity index (χ2v) is 4.52. The average Bonchev–Trinajstić information content (AvgIpc) is 2.79. The molecule has 0 atom stereocenters. The van der Waals surface area contributed by atoms with E-state index in [2.05, 4.69) is 35.0 Å². The molecule has 0 aliphatic rings. The maximum Gasteiger partial charge on any atom is 0.236 e. The van der Waals surface area contributed by atoms with Crippen LogP contribution in [0.4, 0.5) is 0 Å². The standard InChI is InChI=1S/C11H18N4OS/c1-3-15(4-2)7-5-10-13-11(16-14-10)9-17-8-6-12/h3-5,7-9H2,1-2H3. The largest absolute Gasteiger partial charge is 0.338 e. The minimum atomic E-state index is 0.456. The van der Waals surface area contributed by atoms with Crippen LogP contribution in [0.5, 0.6) is 0 Å². The van der Waals surface area contributed by atoms with Gasteiger partial charge in [-0.25, -0.2) is 0 Å². The van der Waals surface area contributed by atoms with Crippen LogP contribution in [0.1, 0.15) is 25.6 Å². The fourth-order valence-electron chi connectivity index (χ4n) is 1.43. The van der Waals surface area contributed by atoms with Gasteiger partial charge in [0.25, 0.3) is 0 Å². The second kappa shape index (κ2) is 8.09. The first-order valence-electron chi connectivity index (χ1n) is 5.78. The zero-order chi connectivity index (χ0) is 12.5. The van der Waals surface area contributed by atoms with Crippen molar-refractivity contribution in [2.45, 2.75) is 26.0 Å². The summed E-state index contributed by atoms with van der Waals surface area (Å²) in [6.45, 7) is 7.32. The van der Waals surface area contributed by atoms with Crippen molar-refractivity contribution in [1.29, 1.82) is 5.26 Å². The molecule has 17 heavy (non-hydrogen) atoms. The number of aromatic nitrogens is 2. The molecule has 0 radical (unpaired) electrons. The Hall–Kier alpha value is -1.06. The Morgan fingerprint density at radius 1 is 1.41 bits per heavy atom. The third kappa shape index (κ3) is 5.20. The van der Waals surface area contributed by atoms with Gasteiger partial charge in [-0.3, -0.25) is 0 Å². The maximum atomic E-state index is 8.41. The molecular weight excluding hydrogens is 236 g/mol. The molecule has 1 heterocycles. The topological polar surface area (TPSA) is 66.0 Å². The Morgan fingerprint density at radius 3 is 2.82 bits per heavy atom. The Labute approximate surface area is 106 Å². The lowest BCUT2D eigenvalue weighted by Gasteiger charge is -2.16. The third-order valence-electron chi connectivity index (χ3n) is 2.45. The summed E-state index contributed by atoms with van der Waals surface area (Å²) in [5.41, 5.74) is 0. The number of rotatable bonds is 8. The molecule has 1 aromatic rings. The zero-order valence-electron chi connectivity index (χ0n) is 10.3. The van der Waals surface area contributed by atoms with Gasteiger partial charge in [-0.15, -0.1) is 11.8 Å². The van der Waals surface area contributed by atoms with E-state index in [1.807, 2.05) is 0 Å². The highest BCUT2D eigenvalue weighted by Gasteiger charge is 2.07. The van der Waals surface area contributed by atoms with Gasteiger partial charge < -0.3 is 9.42 Å². The zero-order valence-corrected chi connectivity index (χ0v) is 11.2. The predicted octanol–water partition coefficient (Wildman–Crippen LogP) is 1.71. The lowest BCUT2D eigenvalue weighted by atomic mass is 10.3. The summed E-state index contributed by atoms with van der Waals surface area (Å²) < 4.78 is 5.10. The third-order valence-corrected chi connectivity index (χ3v) is 3.23. The van der Waals surface area contributed by atoms with Crippen molar-refractivity contribution in [3.63, 3.8) is 0 Å². The molecule has 0 bridgehead atoms. The molecular formula is C11H18N4OS. The van der Waals surface area contributed by atoms with E-state index >= 15 is 0 Å². The van der Waals surface area contributed by atoms with Gasteiger partial charge in [-0.05, 0) is 13.1 Å². The molecule has 0 amide bonds. The van der Waals surface area contributed by atoms with Gasteiger partial charge in [0.15, 0.2) is 5.82 Å². The molecule has 0 fully saturated rings. The van der Waals surface area contributed by atoms with Crippen LogP contribution in [0, 0.1) is 11.3 Å². The summed E-state index contributed by atoms with van der Waals surface area (Å²) >= 11 is 1.49. The number of hydrogen-bond donors (Lipinski definition) is 0. The lowest BCUT2D eigenvalue weighted by molar-refractivity contribution is 0.303. The lowest BCUT2D eigenvalue weighted by Crippen LogP contribution is -2.25. The first-order chi connectivity index (χ1) is 8.30. The van der Waals surface area contributed by atoms with Crippen molar-refractivity contribution in [2.75, 3.05) is 25.4 Å². The van der Waals surface area contributed by atoms with Gasteiger partial charge in [0.2, 0.25) is 5.89 Å². The number of thioether (sulfide) groups is 1. The molecule has 0 saturated heterocycles. The first-order valence-corrected chi connectivity index (χ1v) is 6.94. The van der Waals surface area contributed by atoms with Crippen molar-refractivity contribution in [3.05, 3.63) is 11.7 Å². The summed E-state index contributed by atoms with van der Waals surface area (Å²) in [5.74, 6) is 2.44. The minimum absolute atomic E-state index is 0.456. The van der Waals surface area contributed by atoms with Gasteiger partial charge in [0.1, 0.15) is 0 Å². The van der Waals surface area contributed by atoms with E-state index in [-0.39, 0.29) is 0 Å². The van der Waals surface area contributed by atoms with E-state index in [1.54, 1.807) is 0 Å². The van der Waals surface area contributed by atoms with Crippen LogP contribution in [0.25, 0.3) is 0 Å². The van der Waals surface area contributed by atoms with Gasteiger partial charge in [-0.2, -0.15) is 10.2 Å². The van der Waals surface area contributed by atoms with Gasteiger partial charge in [0.05, 0.1) is 17.6 Å². The Bertz CT molecular complexity index is 357. The second-order valence-electron chi connectivity index (χ2n) is 3.53. The van der Waals surface area contributed by atoms with E-state index < -0.39 is 0 Å². The summed E-state index contributed by atoms with van der Waals surface area (Å²) in [5, 5.41) is 12.3. The van der Waals surface area contributed by atoms with Crippen LogP contribution < -0.4 is 0 Å². The van der Waals surface area contributed by atoms with Crippen molar-refractivity contribution in [1.82, 2.24) is 15.0 Å². The van der Waals surface area contributed by atoms with Crippen molar-refractivity contribution < 1.29 is 4.52 Å². The predicted molar refractivity (Wildman–Crippen MR) is 67.6 cm³/mol. The minimum Gasteiger partial charge on any atom is -0.338 e. The number of nitriles is 1. The first kappa shape index (κ1) is 14.0. The van der Waals surface area contributed by atoms with Gasteiger partial charge >= 0.3 is 0 Å². The summed E-state index contributed by atoms with van der Waals surface area (Å²) in [6.07, 6.45) is 0.814. The van der Waals surface area contributed by atoms with E-state index in [1.165, 1.54) is 11.8 Å². The van der Waals surface area contributed by atoms with Crippen LogP contribution in [0.2, 0.25) is 0 Å². The molecule has 0 aliphatic heterocycles. The van der Waals surface area contributed by atoms with E-state index in [9.17, 15) is 0 Å². The highest BCUT2D eigenvalue weighted by molar-refractivity contribution is 7.98. The fraction of sp³-hybridized carbons (Fsp3) is 0.727. The fourth-order valence-corrected chi connectivity index (χ4v) is 1.92. The number of likely N-dealkylation sites (N-methyl/N-ethyl adjacent to an activating group) is 1. The summed E-state index contributed by atoms with van der Waals surface area (Å²) in [6, 6.07) is 2.07. The highest BCUT2D eigenvalue weighted by Crippen LogP contribution is 2.09. The number of hydrogen-bond acceptors (Lipinski definition) is 6.